The summed E-state index contributed by atoms with van der Waals surface area (Å²) in [4.78, 5) is 12.0. The van der Waals surface area contributed by atoms with Crippen LogP contribution < -0.4 is 5.32 Å². The molecule has 0 aliphatic heterocycles. The molecule has 5 heteroatoms. The quantitative estimate of drug-likeness (QED) is 0.872. The molecule has 0 bridgehead atoms. The Morgan fingerprint density at radius 2 is 1.54 bits per heavy atom. The molecule has 24 heavy (non-hydrogen) atoms. The molecule has 0 heterocycles. The molecule has 0 aliphatic rings. The molecule has 0 spiro atoms. The summed E-state index contributed by atoms with van der Waals surface area (Å²) in [5.74, 6) is -1.16. The first-order valence-corrected chi connectivity index (χ1v) is 9.76. The van der Waals surface area contributed by atoms with Gasteiger partial charge in [-0.2, -0.15) is 0 Å². The fourth-order valence-electron chi connectivity index (χ4n) is 2.68. The van der Waals surface area contributed by atoms with Gasteiger partial charge in [0.2, 0.25) is 5.91 Å². The molecular formula is C19H23NO3S. The standard InChI is InChI=1S/C19H23NO3S/c1-4-16-5-7-18(8-6-16)20-19(21)13-24(22,23)12-17-10-14(2)9-15(3)11-17/h5-11H,4,12-13H2,1-3H3,(H,20,21). The van der Waals surface area contributed by atoms with Crippen LogP contribution in [0.3, 0.4) is 0 Å². The van der Waals surface area contributed by atoms with Crippen molar-refractivity contribution in [3.8, 4) is 0 Å². The zero-order chi connectivity index (χ0) is 17.7. The molecule has 1 amide bonds. The molecule has 1 N–H and O–H groups in total. The lowest BCUT2D eigenvalue weighted by atomic mass is 10.1. The molecule has 0 saturated carbocycles. The van der Waals surface area contributed by atoms with Gasteiger partial charge in [-0.15, -0.1) is 0 Å². The summed E-state index contributed by atoms with van der Waals surface area (Å²) >= 11 is 0. The lowest BCUT2D eigenvalue weighted by Gasteiger charge is -2.08. The van der Waals surface area contributed by atoms with Crippen LogP contribution in [-0.2, 0) is 26.8 Å². The number of sulfone groups is 1. The number of anilines is 1. The van der Waals surface area contributed by atoms with Crippen molar-refractivity contribution in [3.63, 3.8) is 0 Å². The van der Waals surface area contributed by atoms with Gasteiger partial charge >= 0.3 is 0 Å². The highest BCUT2D eigenvalue weighted by Gasteiger charge is 2.18. The van der Waals surface area contributed by atoms with Gasteiger partial charge in [0, 0.05) is 5.69 Å². The highest BCUT2D eigenvalue weighted by molar-refractivity contribution is 7.91. The fourth-order valence-corrected chi connectivity index (χ4v) is 3.93. The van der Waals surface area contributed by atoms with Crippen molar-refractivity contribution in [3.05, 3.63) is 64.7 Å². The molecule has 0 atom stereocenters. The third-order valence-corrected chi connectivity index (χ3v) is 5.14. The van der Waals surface area contributed by atoms with E-state index in [9.17, 15) is 13.2 Å². The molecular weight excluding hydrogens is 322 g/mol. The zero-order valence-electron chi connectivity index (χ0n) is 14.3. The van der Waals surface area contributed by atoms with E-state index in [-0.39, 0.29) is 5.75 Å². The number of hydrogen-bond acceptors (Lipinski definition) is 3. The lowest BCUT2D eigenvalue weighted by molar-refractivity contribution is -0.113. The van der Waals surface area contributed by atoms with Crippen molar-refractivity contribution in [1.29, 1.82) is 0 Å². The van der Waals surface area contributed by atoms with E-state index in [4.69, 9.17) is 0 Å². The van der Waals surface area contributed by atoms with Crippen molar-refractivity contribution < 1.29 is 13.2 Å². The summed E-state index contributed by atoms with van der Waals surface area (Å²) in [5.41, 5.74) is 4.52. The fraction of sp³-hybridized carbons (Fsp3) is 0.316. The average Bonchev–Trinajstić information content (AvgIpc) is 2.45. The van der Waals surface area contributed by atoms with Crippen LogP contribution in [0.5, 0.6) is 0 Å². The SMILES string of the molecule is CCc1ccc(NC(=O)CS(=O)(=O)Cc2cc(C)cc(C)c2)cc1. The van der Waals surface area contributed by atoms with E-state index in [1.807, 2.05) is 51.1 Å². The van der Waals surface area contributed by atoms with Gasteiger partial charge in [-0.3, -0.25) is 4.79 Å². The van der Waals surface area contributed by atoms with Crippen molar-refractivity contribution in [2.24, 2.45) is 0 Å². The van der Waals surface area contributed by atoms with Crippen LogP contribution in [0.1, 0.15) is 29.2 Å². The van der Waals surface area contributed by atoms with Gasteiger partial charge in [0.1, 0.15) is 5.75 Å². The number of benzene rings is 2. The summed E-state index contributed by atoms with van der Waals surface area (Å²) in [6, 6.07) is 13.1. The van der Waals surface area contributed by atoms with Crippen LogP contribution >= 0.6 is 0 Å². The molecule has 128 valence electrons. The van der Waals surface area contributed by atoms with E-state index in [1.165, 1.54) is 0 Å². The summed E-state index contributed by atoms with van der Waals surface area (Å²) in [7, 11) is -3.51. The topological polar surface area (TPSA) is 63.2 Å². The summed E-state index contributed by atoms with van der Waals surface area (Å²) in [6.45, 7) is 5.90. The molecule has 0 aromatic heterocycles. The third kappa shape index (κ3) is 5.49. The number of carbonyl (C=O) groups excluding carboxylic acids is 1. The van der Waals surface area contributed by atoms with Gasteiger partial charge in [-0.05, 0) is 43.5 Å². The first kappa shape index (κ1) is 18.2. The number of nitrogens with one attached hydrogen (secondary N) is 1. The van der Waals surface area contributed by atoms with Crippen LogP contribution in [0.2, 0.25) is 0 Å². The first-order chi connectivity index (χ1) is 11.3. The Morgan fingerprint density at radius 1 is 0.958 bits per heavy atom. The first-order valence-electron chi connectivity index (χ1n) is 7.94. The molecule has 2 aromatic carbocycles. The van der Waals surface area contributed by atoms with Crippen LogP contribution in [0.15, 0.2) is 42.5 Å². The van der Waals surface area contributed by atoms with Crippen molar-refractivity contribution in [2.45, 2.75) is 32.9 Å². The molecule has 0 aliphatic carbocycles. The largest absolute Gasteiger partial charge is 0.325 e. The average molecular weight is 345 g/mol. The number of carbonyl (C=O) groups is 1. The number of aryl methyl sites for hydroxylation is 3. The molecule has 2 rings (SSSR count). The number of hydrogen-bond donors (Lipinski definition) is 1. The minimum atomic E-state index is -3.51. The van der Waals surface area contributed by atoms with E-state index < -0.39 is 21.5 Å². The minimum absolute atomic E-state index is 0.127. The van der Waals surface area contributed by atoms with Gasteiger partial charge in [0.15, 0.2) is 9.84 Å². The Hall–Kier alpha value is -2.14. The summed E-state index contributed by atoms with van der Waals surface area (Å²) in [6.07, 6.45) is 0.915. The maximum absolute atomic E-state index is 12.3. The monoisotopic (exact) mass is 345 g/mol. The van der Waals surface area contributed by atoms with E-state index >= 15 is 0 Å². The second kappa shape index (κ2) is 7.62. The van der Waals surface area contributed by atoms with Crippen LogP contribution in [0.25, 0.3) is 0 Å². The molecule has 0 radical (unpaired) electrons. The molecule has 4 nitrogen and oxygen atoms in total. The van der Waals surface area contributed by atoms with Crippen LogP contribution in [-0.4, -0.2) is 20.1 Å². The van der Waals surface area contributed by atoms with E-state index in [0.717, 1.165) is 23.1 Å². The predicted molar refractivity (Wildman–Crippen MR) is 97.9 cm³/mol. The van der Waals surface area contributed by atoms with E-state index in [0.29, 0.717) is 11.3 Å². The Labute approximate surface area is 143 Å². The minimum Gasteiger partial charge on any atom is -0.325 e. The summed E-state index contributed by atoms with van der Waals surface area (Å²) in [5, 5.41) is 2.64. The molecule has 0 fully saturated rings. The maximum atomic E-state index is 12.3. The highest BCUT2D eigenvalue weighted by atomic mass is 32.2. The summed E-state index contributed by atoms with van der Waals surface area (Å²) < 4.78 is 24.5. The van der Waals surface area contributed by atoms with Crippen LogP contribution in [0.4, 0.5) is 5.69 Å². The van der Waals surface area contributed by atoms with E-state index in [1.54, 1.807) is 12.1 Å². The third-order valence-electron chi connectivity index (χ3n) is 3.67. The molecule has 0 unspecified atom stereocenters. The normalized spacial score (nSPS) is 11.3. The Morgan fingerprint density at radius 3 is 2.08 bits per heavy atom. The van der Waals surface area contributed by atoms with Gasteiger partial charge < -0.3 is 5.32 Å². The zero-order valence-corrected chi connectivity index (χ0v) is 15.1. The lowest BCUT2D eigenvalue weighted by Crippen LogP contribution is -2.24. The van der Waals surface area contributed by atoms with Gasteiger partial charge in [0.05, 0.1) is 5.75 Å². The van der Waals surface area contributed by atoms with E-state index in [2.05, 4.69) is 5.32 Å². The van der Waals surface area contributed by atoms with Crippen molar-refractivity contribution in [2.75, 3.05) is 11.1 Å². The Bertz CT molecular complexity index is 804. The number of rotatable bonds is 6. The second-order valence-corrected chi connectivity index (χ2v) is 8.19. The van der Waals surface area contributed by atoms with Gasteiger partial charge in [-0.25, -0.2) is 8.42 Å². The second-order valence-electron chi connectivity index (χ2n) is 6.13. The van der Waals surface area contributed by atoms with Crippen LogP contribution in [0, 0.1) is 13.8 Å². The Kier molecular flexibility index (Phi) is 5.78. The van der Waals surface area contributed by atoms with Crippen molar-refractivity contribution >= 4 is 21.4 Å². The Balaban J connectivity index is 2.00. The van der Waals surface area contributed by atoms with Gasteiger partial charge in [-0.1, -0.05) is 48.4 Å². The maximum Gasteiger partial charge on any atom is 0.239 e. The van der Waals surface area contributed by atoms with Crippen molar-refractivity contribution in [1.82, 2.24) is 0 Å². The smallest absolute Gasteiger partial charge is 0.239 e. The van der Waals surface area contributed by atoms with Gasteiger partial charge in [0.25, 0.3) is 0 Å². The predicted octanol–water partition coefficient (Wildman–Crippen LogP) is 3.42. The highest BCUT2D eigenvalue weighted by Crippen LogP contribution is 2.14. The molecule has 2 aromatic rings. The molecule has 0 saturated heterocycles. The number of amides is 1.